The average Bonchev–Trinajstić information content (AvgIpc) is 2.68. The quantitative estimate of drug-likeness (QED) is 0.649. The zero-order valence-corrected chi connectivity index (χ0v) is 15.3. The normalized spacial score (nSPS) is 11.1. The van der Waals surface area contributed by atoms with Crippen LogP contribution in [-0.2, 0) is 22.9 Å². The lowest BCUT2D eigenvalue weighted by molar-refractivity contribution is 0.0697. The molecule has 3 rings (SSSR count). The Morgan fingerprint density at radius 2 is 1.30 bits per heavy atom. The van der Waals surface area contributed by atoms with Crippen molar-refractivity contribution in [3.63, 3.8) is 0 Å². The van der Waals surface area contributed by atoms with Crippen LogP contribution in [0.1, 0.15) is 21.5 Å². The third kappa shape index (κ3) is 4.95. The van der Waals surface area contributed by atoms with E-state index in [9.17, 15) is 13.2 Å². The standard InChI is InChI=1S/C21H19NO4S/c23-21(24)18-12-8-16(9-13-18)6-7-17-10-14-19(15-11-17)22-27(25,26)20-4-2-1-3-5-20/h1-5,8-15,22H,6-7H2,(H,23,24). The lowest BCUT2D eigenvalue weighted by Gasteiger charge is -2.09. The number of carboxylic acid groups (broad SMARTS) is 1. The number of aryl methyl sites for hydroxylation is 2. The maximum absolute atomic E-state index is 12.3. The lowest BCUT2D eigenvalue weighted by Crippen LogP contribution is -2.12. The summed E-state index contributed by atoms with van der Waals surface area (Å²) in [5.74, 6) is -0.935. The Morgan fingerprint density at radius 1 is 0.778 bits per heavy atom. The van der Waals surface area contributed by atoms with Crippen LogP contribution in [-0.4, -0.2) is 19.5 Å². The van der Waals surface area contributed by atoms with Gasteiger partial charge in [-0.25, -0.2) is 13.2 Å². The van der Waals surface area contributed by atoms with Crippen LogP contribution in [0.4, 0.5) is 5.69 Å². The Bertz CT molecular complexity index is 1010. The molecule has 6 heteroatoms. The van der Waals surface area contributed by atoms with Gasteiger partial charge in [-0.1, -0.05) is 42.5 Å². The predicted octanol–water partition coefficient (Wildman–Crippen LogP) is 3.97. The second-order valence-electron chi connectivity index (χ2n) is 6.12. The zero-order valence-electron chi connectivity index (χ0n) is 14.5. The first-order chi connectivity index (χ1) is 12.9. The van der Waals surface area contributed by atoms with E-state index in [1.165, 1.54) is 0 Å². The van der Waals surface area contributed by atoms with Gasteiger partial charge in [-0.15, -0.1) is 0 Å². The molecule has 0 amide bonds. The first kappa shape index (κ1) is 18.7. The Hall–Kier alpha value is -3.12. The molecule has 0 saturated carbocycles. The number of aromatic carboxylic acids is 1. The van der Waals surface area contributed by atoms with Gasteiger partial charge in [-0.3, -0.25) is 4.72 Å². The van der Waals surface area contributed by atoms with Crippen molar-refractivity contribution in [3.05, 3.63) is 95.6 Å². The molecule has 0 aliphatic carbocycles. The minimum atomic E-state index is -3.59. The topological polar surface area (TPSA) is 83.5 Å². The summed E-state index contributed by atoms with van der Waals surface area (Å²) in [5.41, 5.74) is 2.90. The molecule has 2 N–H and O–H groups in total. The van der Waals surface area contributed by atoms with Crippen molar-refractivity contribution < 1.29 is 18.3 Å². The van der Waals surface area contributed by atoms with E-state index >= 15 is 0 Å². The zero-order chi connectivity index (χ0) is 19.3. The fourth-order valence-electron chi connectivity index (χ4n) is 2.66. The minimum Gasteiger partial charge on any atom is -0.478 e. The molecular formula is C21H19NO4S. The molecule has 0 bridgehead atoms. The SMILES string of the molecule is O=C(O)c1ccc(CCc2ccc(NS(=O)(=O)c3ccccc3)cc2)cc1. The smallest absolute Gasteiger partial charge is 0.335 e. The summed E-state index contributed by atoms with van der Waals surface area (Å²) in [6.07, 6.45) is 1.55. The van der Waals surface area contributed by atoms with E-state index in [1.807, 2.05) is 24.3 Å². The van der Waals surface area contributed by atoms with Crippen molar-refractivity contribution in [1.82, 2.24) is 0 Å². The molecule has 0 aliphatic rings. The summed E-state index contributed by atoms with van der Waals surface area (Å²) < 4.78 is 27.2. The molecule has 5 nitrogen and oxygen atoms in total. The van der Waals surface area contributed by atoms with Gasteiger partial charge >= 0.3 is 5.97 Å². The van der Waals surface area contributed by atoms with Crippen LogP contribution in [0.2, 0.25) is 0 Å². The number of anilines is 1. The highest BCUT2D eigenvalue weighted by molar-refractivity contribution is 7.92. The molecule has 0 saturated heterocycles. The number of hydrogen-bond donors (Lipinski definition) is 2. The van der Waals surface area contributed by atoms with Gasteiger partial charge in [0.05, 0.1) is 10.5 Å². The number of carbonyl (C=O) groups is 1. The highest BCUT2D eigenvalue weighted by Gasteiger charge is 2.13. The van der Waals surface area contributed by atoms with E-state index < -0.39 is 16.0 Å². The monoisotopic (exact) mass is 381 g/mol. The van der Waals surface area contributed by atoms with E-state index in [0.29, 0.717) is 5.69 Å². The number of carboxylic acids is 1. The van der Waals surface area contributed by atoms with Gasteiger partial charge in [0.15, 0.2) is 0 Å². The summed E-state index contributed by atoms with van der Waals surface area (Å²) in [6, 6.07) is 22.3. The molecule has 27 heavy (non-hydrogen) atoms. The molecule has 138 valence electrons. The Balaban J connectivity index is 1.61. The molecule has 3 aromatic rings. The number of hydrogen-bond acceptors (Lipinski definition) is 3. The van der Waals surface area contributed by atoms with Crippen LogP contribution in [0.25, 0.3) is 0 Å². The molecule has 0 heterocycles. The minimum absolute atomic E-state index is 0.221. The lowest BCUT2D eigenvalue weighted by atomic mass is 10.0. The number of sulfonamides is 1. The van der Waals surface area contributed by atoms with Crippen LogP contribution < -0.4 is 4.72 Å². The third-order valence-electron chi connectivity index (χ3n) is 4.16. The molecule has 0 aromatic heterocycles. The van der Waals surface area contributed by atoms with E-state index in [4.69, 9.17) is 5.11 Å². The van der Waals surface area contributed by atoms with Gasteiger partial charge in [-0.05, 0) is 60.4 Å². The molecule has 0 unspecified atom stereocenters. The fourth-order valence-corrected chi connectivity index (χ4v) is 3.74. The van der Waals surface area contributed by atoms with Crippen molar-refractivity contribution in [2.24, 2.45) is 0 Å². The van der Waals surface area contributed by atoms with Crippen molar-refractivity contribution in [3.8, 4) is 0 Å². The van der Waals surface area contributed by atoms with Gasteiger partial charge in [0.25, 0.3) is 10.0 Å². The summed E-state index contributed by atoms with van der Waals surface area (Å²) >= 11 is 0. The predicted molar refractivity (Wildman–Crippen MR) is 105 cm³/mol. The van der Waals surface area contributed by atoms with Crippen LogP contribution in [0.5, 0.6) is 0 Å². The second-order valence-corrected chi connectivity index (χ2v) is 7.80. The average molecular weight is 381 g/mol. The maximum atomic E-state index is 12.3. The molecule has 0 aliphatic heterocycles. The van der Waals surface area contributed by atoms with Crippen molar-refractivity contribution in [1.29, 1.82) is 0 Å². The van der Waals surface area contributed by atoms with E-state index in [0.717, 1.165) is 24.0 Å². The summed E-state index contributed by atoms with van der Waals surface area (Å²) in [6.45, 7) is 0. The molecular weight excluding hydrogens is 362 g/mol. The molecule has 0 fully saturated rings. The summed E-state index contributed by atoms with van der Waals surface area (Å²) in [5, 5.41) is 8.91. The van der Waals surface area contributed by atoms with E-state index in [2.05, 4.69) is 4.72 Å². The number of rotatable bonds is 7. The molecule has 0 spiro atoms. The largest absolute Gasteiger partial charge is 0.478 e. The first-order valence-electron chi connectivity index (χ1n) is 8.43. The van der Waals surface area contributed by atoms with Gasteiger partial charge in [0.1, 0.15) is 0 Å². The molecule has 3 aromatic carbocycles. The third-order valence-corrected chi connectivity index (χ3v) is 5.56. The second kappa shape index (κ2) is 8.05. The van der Waals surface area contributed by atoms with Crippen LogP contribution in [0, 0.1) is 0 Å². The van der Waals surface area contributed by atoms with E-state index in [1.54, 1.807) is 54.6 Å². The van der Waals surface area contributed by atoms with Crippen LogP contribution >= 0.6 is 0 Å². The highest BCUT2D eigenvalue weighted by atomic mass is 32.2. The van der Waals surface area contributed by atoms with Crippen molar-refractivity contribution >= 4 is 21.7 Å². The van der Waals surface area contributed by atoms with Gasteiger partial charge in [0, 0.05) is 5.69 Å². The summed E-state index contributed by atoms with van der Waals surface area (Å²) in [7, 11) is -3.59. The van der Waals surface area contributed by atoms with Gasteiger partial charge in [0.2, 0.25) is 0 Å². The number of benzene rings is 3. The Morgan fingerprint density at radius 3 is 1.81 bits per heavy atom. The summed E-state index contributed by atoms with van der Waals surface area (Å²) in [4.78, 5) is 11.1. The Labute approximate surface area is 158 Å². The first-order valence-corrected chi connectivity index (χ1v) is 9.91. The highest BCUT2D eigenvalue weighted by Crippen LogP contribution is 2.17. The van der Waals surface area contributed by atoms with Crippen molar-refractivity contribution in [2.75, 3.05) is 4.72 Å². The van der Waals surface area contributed by atoms with Gasteiger partial charge in [-0.2, -0.15) is 0 Å². The van der Waals surface area contributed by atoms with E-state index in [-0.39, 0.29) is 10.5 Å². The maximum Gasteiger partial charge on any atom is 0.335 e. The Kier molecular flexibility index (Phi) is 5.57. The van der Waals surface area contributed by atoms with Gasteiger partial charge < -0.3 is 5.11 Å². The molecule has 0 radical (unpaired) electrons. The molecule has 0 atom stereocenters. The van der Waals surface area contributed by atoms with Crippen LogP contribution in [0.3, 0.4) is 0 Å². The van der Waals surface area contributed by atoms with Crippen molar-refractivity contribution in [2.45, 2.75) is 17.7 Å². The fraction of sp³-hybridized carbons (Fsp3) is 0.0952. The number of nitrogens with one attached hydrogen (secondary N) is 1. The van der Waals surface area contributed by atoms with Crippen LogP contribution in [0.15, 0.2) is 83.8 Å².